The van der Waals surface area contributed by atoms with Gasteiger partial charge in [-0.05, 0) is 49.2 Å². The molecule has 0 saturated heterocycles. The number of amides is 1. The average Bonchev–Trinajstić information content (AvgIpc) is 2.64. The third kappa shape index (κ3) is 5.02. The highest BCUT2D eigenvalue weighted by atomic mass is 32.2. The molecule has 0 saturated carbocycles. The van der Waals surface area contributed by atoms with E-state index in [0.717, 1.165) is 11.5 Å². The van der Waals surface area contributed by atoms with Crippen molar-refractivity contribution >= 4 is 15.7 Å². The first-order valence-corrected chi connectivity index (χ1v) is 9.66. The smallest absolute Gasteiger partial charge is 0.230 e. The van der Waals surface area contributed by atoms with Crippen molar-refractivity contribution in [2.45, 2.75) is 30.7 Å². The quantitative estimate of drug-likeness (QED) is 0.772. The Labute approximate surface area is 158 Å². The van der Waals surface area contributed by atoms with Gasteiger partial charge < -0.3 is 5.32 Å². The van der Waals surface area contributed by atoms with Crippen LogP contribution in [-0.4, -0.2) is 14.3 Å². The number of carbonyl (C=O) groups is 1. The second-order valence-corrected chi connectivity index (χ2v) is 8.27. The van der Waals surface area contributed by atoms with Crippen LogP contribution in [0.4, 0.5) is 4.39 Å². The van der Waals surface area contributed by atoms with Crippen LogP contribution in [0.15, 0.2) is 64.9 Å². The lowest BCUT2D eigenvalue weighted by Gasteiger charge is -2.24. The van der Waals surface area contributed by atoms with Crippen LogP contribution in [0.5, 0.6) is 0 Å². The summed E-state index contributed by atoms with van der Waals surface area (Å²) in [6.07, 6.45) is 0.896. The summed E-state index contributed by atoms with van der Waals surface area (Å²) in [5.41, 5.74) is 0.352. The van der Waals surface area contributed by atoms with Gasteiger partial charge in [-0.3, -0.25) is 4.79 Å². The molecule has 2 aromatic carbocycles. The van der Waals surface area contributed by atoms with Crippen LogP contribution in [-0.2, 0) is 26.6 Å². The Morgan fingerprint density at radius 2 is 1.89 bits per heavy atom. The standard InChI is InChI=1S/C20H19FN2O3S/c1-20(2,19(24)23-14-15-5-3-6-17(21)13-15)16-7-9-18(10-8-16)27(25,26)12-4-11-22/h3-10,12-13H,14H2,1-2H3,(H,23,24)/b12-4+. The molecule has 5 nitrogen and oxygen atoms in total. The summed E-state index contributed by atoms with van der Waals surface area (Å²) in [7, 11) is -3.69. The Kier molecular flexibility index (Phi) is 6.13. The third-order valence-corrected chi connectivity index (χ3v) is 5.56. The molecule has 0 spiro atoms. The van der Waals surface area contributed by atoms with E-state index < -0.39 is 15.3 Å². The molecule has 1 amide bonds. The Morgan fingerprint density at radius 3 is 2.48 bits per heavy atom. The van der Waals surface area contributed by atoms with Gasteiger partial charge >= 0.3 is 0 Å². The lowest BCUT2D eigenvalue weighted by Crippen LogP contribution is -2.39. The molecule has 0 bridgehead atoms. The van der Waals surface area contributed by atoms with Crippen LogP contribution < -0.4 is 5.32 Å². The number of rotatable bonds is 6. The van der Waals surface area contributed by atoms with Crippen molar-refractivity contribution in [3.8, 4) is 6.07 Å². The summed E-state index contributed by atoms with van der Waals surface area (Å²) in [5, 5.41) is 12.1. The Morgan fingerprint density at radius 1 is 1.22 bits per heavy atom. The first kappa shape index (κ1) is 20.3. The molecule has 1 N–H and O–H groups in total. The summed E-state index contributed by atoms with van der Waals surface area (Å²) in [4.78, 5) is 12.6. The van der Waals surface area contributed by atoms with Gasteiger partial charge in [0, 0.05) is 18.0 Å². The van der Waals surface area contributed by atoms with Crippen molar-refractivity contribution in [3.63, 3.8) is 0 Å². The summed E-state index contributed by atoms with van der Waals surface area (Å²) in [5.74, 6) is -0.644. The zero-order valence-corrected chi connectivity index (χ0v) is 15.8. The first-order valence-electron chi connectivity index (χ1n) is 8.11. The number of allylic oxidation sites excluding steroid dienone is 1. The molecule has 0 atom stereocenters. The SMILES string of the molecule is CC(C)(C(=O)NCc1cccc(F)c1)c1ccc(S(=O)(=O)/C=C/C#N)cc1. The number of hydrogen-bond donors (Lipinski definition) is 1. The zero-order chi connectivity index (χ0) is 20.1. The number of nitrogens with one attached hydrogen (secondary N) is 1. The summed E-state index contributed by atoms with van der Waals surface area (Å²) >= 11 is 0. The molecule has 27 heavy (non-hydrogen) atoms. The van der Waals surface area contributed by atoms with Crippen molar-refractivity contribution in [2.24, 2.45) is 0 Å². The maximum Gasteiger partial charge on any atom is 0.230 e. The van der Waals surface area contributed by atoms with E-state index in [4.69, 9.17) is 5.26 Å². The average molecular weight is 386 g/mol. The molecule has 0 unspecified atom stereocenters. The Bertz CT molecular complexity index is 1000. The molecule has 0 radical (unpaired) electrons. The van der Waals surface area contributed by atoms with Crippen LogP contribution >= 0.6 is 0 Å². The van der Waals surface area contributed by atoms with E-state index >= 15 is 0 Å². The van der Waals surface area contributed by atoms with Crippen LogP contribution in [0.2, 0.25) is 0 Å². The van der Waals surface area contributed by atoms with E-state index in [9.17, 15) is 17.6 Å². The van der Waals surface area contributed by atoms with Crippen LogP contribution in [0.25, 0.3) is 0 Å². The number of hydrogen-bond acceptors (Lipinski definition) is 4. The van der Waals surface area contributed by atoms with Crippen LogP contribution in [0, 0.1) is 17.1 Å². The third-order valence-electron chi connectivity index (χ3n) is 4.14. The minimum atomic E-state index is -3.69. The second-order valence-electron chi connectivity index (χ2n) is 6.44. The maximum absolute atomic E-state index is 13.2. The molecule has 2 aromatic rings. The van der Waals surface area contributed by atoms with Gasteiger partial charge in [0.25, 0.3) is 0 Å². The first-order chi connectivity index (χ1) is 12.7. The largest absolute Gasteiger partial charge is 0.351 e. The van der Waals surface area contributed by atoms with E-state index in [-0.39, 0.29) is 23.2 Å². The Balaban J connectivity index is 2.14. The van der Waals surface area contributed by atoms with Gasteiger partial charge in [0.05, 0.1) is 16.4 Å². The van der Waals surface area contributed by atoms with Gasteiger partial charge in [-0.25, -0.2) is 12.8 Å². The van der Waals surface area contributed by atoms with Gasteiger partial charge in [0.15, 0.2) is 0 Å². The molecule has 140 valence electrons. The molecular formula is C20H19FN2O3S. The Hall–Kier alpha value is -2.98. The minimum Gasteiger partial charge on any atom is -0.351 e. The van der Waals surface area contributed by atoms with E-state index in [1.54, 1.807) is 44.2 Å². The van der Waals surface area contributed by atoms with Crippen molar-refractivity contribution in [1.29, 1.82) is 5.26 Å². The van der Waals surface area contributed by atoms with Gasteiger partial charge in [-0.15, -0.1) is 0 Å². The van der Waals surface area contributed by atoms with Gasteiger partial charge in [0.2, 0.25) is 15.7 Å². The zero-order valence-electron chi connectivity index (χ0n) is 14.9. The van der Waals surface area contributed by atoms with Crippen LogP contribution in [0.3, 0.4) is 0 Å². The number of halogens is 1. The van der Waals surface area contributed by atoms with E-state index in [1.807, 2.05) is 0 Å². The number of benzene rings is 2. The highest BCUT2D eigenvalue weighted by Crippen LogP contribution is 2.25. The van der Waals surface area contributed by atoms with E-state index in [0.29, 0.717) is 11.1 Å². The number of carbonyl (C=O) groups excluding carboxylic acids is 1. The van der Waals surface area contributed by atoms with Gasteiger partial charge in [-0.2, -0.15) is 5.26 Å². The molecule has 0 aromatic heterocycles. The normalized spacial score (nSPS) is 11.9. The lowest BCUT2D eigenvalue weighted by molar-refractivity contribution is -0.125. The van der Waals surface area contributed by atoms with E-state index in [2.05, 4.69) is 5.32 Å². The summed E-state index contributed by atoms with van der Waals surface area (Å²) < 4.78 is 37.3. The fourth-order valence-electron chi connectivity index (χ4n) is 2.44. The molecule has 2 rings (SSSR count). The van der Waals surface area contributed by atoms with Gasteiger partial charge in [0.1, 0.15) is 5.82 Å². The second kappa shape index (κ2) is 8.14. The highest BCUT2D eigenvalue weighted by Gasteiger charge is 2.29. The molecular weight excluding hydrogens is 367 g/mol. The highest BCUT2D eigenvalue weighted by molar-refractivity contribution is 7.94. The molecule has 7 heteroatoms. The molecule has 0 aliphatic rings. The fraction of sp³-hybridized carbons (Fsp3) is 0.200. The lowest BCUT2D eigenvalue weighted by atomic mass is 9.83. The fourth-order valence-corrected chi connectivity index (χ4v) is 3.35. The summed E-state index contributed by atoms with van der Waals surface area (Å²) in [6, 6.07) is 13.5. The summed E-state index contributed by atoms with van der Waals surface area (Å²) in [6.45, 7) is 3.62. The van der Waals surface area contributed by atoms with E-state index in [1.165, 1.54) is 24.3 Å². The topological polar surface area (TPSA) is 87.0 Å². The predicted molar refractivity (Wildman–Crippen MR) is 99.7 cm³/mol. The molecule has 0 heterocycles. The van der Waals surface area contributed by atoms with Crippen molar-refractivity contribution < 1.29 is 17.6 Å². The van der Waals surface area contributed by atoms with Crippen molar-refractivity contribution in [3.05, 3.63) is 77.0 Å². The maximum atomic E-state index is 13.2. The van der Waals surface area contributed by atoms with Crippen molar-refractivity contribution in [2.75, 3.05) is 0 Å². The number of nitrogens with zero attached hydrogens (tertiary/aromatic N) is 1. The minimum absolute atomic E-state index is 0.0359. The molecule has 0 aliphatic heterocycles. The molecule has 0 aliphatic carbocycles. The monoisotopic (exact) mass is 386 g/mol. The predicted octanol–water partition coefficient (Wildman–Crippen LogP) is 3.23. The van der Waals surface area contributed by atoms with Crippen LogP contribution in [0.1, 0.15) is 25.0 Å². The number of nitriles is 1. The van der Waals surface area contributed by atoms with Crippen molar-refractivity contribution in [1.82, 2.24) is 5.32 Å². The number of sulfone groups is 1. The molecule has 0 fully saturated rings. The van der Waals surface area contributed by atoms with Gasteiger partial charge in [-0.1, -0.05) is 24.3 Å².